The van der Waals surface area contributed by atoms with Gasteiger partial charge in [0.25, 0.3) is 5.91 Å². The minimum absolute atomic E-state index is 0.208. The van der Waals surface area contributed by atoms with Crippen molar-refractivity contribution in [3.05, 3.63) is 77.9 Å². The van der Waals surface area contributed by atoms with Gasteiger partial charge in [0.1, 0.15) is 12.0 Å². The maximum atomic E-state index is 13.4. The van der Waals surface area contributed by atoms with Crippen LogP contribution < -0.4 is 25.0 Å². The quantitative estimate of drug-likeness (QED) is 0.498. The van der Waals surface area contributed by atoms with Gasteiger partial charge < -0.3 is 25.0 Å². The van der Waals surface area contributed by atoms with Crippen molar-refractivity contribution < 1.29 is 23.9 Å². The number of fused-ring (bicyclic) bond motifs is 3. The highest BCUT2D eigenvalue weighted by Crippen LogP contribution is 2.39. The largest absolute Gasteiger partial charge is 0.493 e. The minimum atomic E-state index is -1.01. The number of benzene rings is 3. The molecule has 0 saturated carbocycles. The molecule has 0 spiro atoms. The maximum absolute atomic E-state index is 13.4. The molecule has 8 nitrogen and oxygen atoms in total. The molecular formula is C28H29N3O5. The van der Waals surface area contributed by atoms with E-state index in [1.165, 1.54) is 14.0 Å². The SMILES string of the molecule is COc1ccc(CNC(=O)[C@H](C)C(=O)N[C@H]2C(=O)N(C)c3ccccc3-c3ccccc32)cc1OC. The fraction of sp³-hybridized carbons (Fsp3) is 0.250. The molecule has 0 aromatic heterocycles. The maximum Gasteiger partial charge on any atom is 0.253 e. The van der Waals surface area contributed by atoms with Crippen LogP contribution in [0.5, 0.6) is 11.5 Å². The summed E-state index contributed by atoms with van der Waals surface area (Å²) in [7, 11) is 4.77. The summed E-state index contributed by atoms with van der Waals surface area (Å²) in [4.78, 5) is 40.9. The first-order chi connectivity index (χ1) is 17.3. The average molecular weight is 488 g/mol. The molecule has 0 unspecified atom stereocenters. The number of amides is 3. The zero-order valence-corrected chi connectivity index (χ0v) is 20.7. The molecule has 186 valence electrons. The van der Waals surface area contributed by atoms with Gasteiger partial charge in [-0.25, -0.2) is 0 Å². The molecule has 1 aliphatic rings. The Balaban J connectivity index is 1.49. The number of hydrogen-bond acceptors (Lipinski definition) is 5. The van der Waals surface area contributed by atoms with Gasteiger partial charge in [-0.1, -0.05) is 48.5 Å². The van der Waals surface area contributed by atoms with E-state index in [1.54, 1.807) is 37.3 Å². The normalized spacial score (nSPS) is 15.2. The van der Waals surface area contributed by atoms with Crippen LogP contribution in [0.3, 0.4) is 0 Å². The van der Waals surface area contributed by atoms with Crippen molar-refractivity contribution in [3.8, 4) is 22.6 Å². The van der Waals surface area contributed by atoms with Gasteiger partial charge in [-0.05, 0) is 41.8 Å². The first kappa shape index (κ1) is 24.8. The molecule has 0 radical (unpaired) electrons. The summed E-state index contributed by atoms with van der Waals surface area (Å²) in [6, 6.07) is 19.5. The summed E-state index contributed by atoms with van der Waals surface area (Å²) >= 11 is 0. The van der Waals surface area contributed by atoms with Crippen LogP contribution in [-0.2, 0) is 20.9 Å². The lowest BCUT2D eigenvalue weighted by atomic mass is 9.95. The molecule has 8 heteroatoms. The number of methoxy groups -OCH3 is 2. The number of rotatable bonds is 7. The Kier molecular flexibility index (Phi) is 7.24. The third kappa shape index (κ3) is 4.75. The van der Waals surface area contributed by atoms with Crippen molar-refractivity contribution in [2.75, 3.05) is 26.2 Å². The summed E-state index contributed by atoms with van der Waals surface area (Å²) in [6.07, 6.45) is 0. The summed E-state index contributed by atoms with van der Waals surface area (Å²) in [6.45, 7) is 1.73. The van der Waals surface area contributed by atoms with Crippen LogP contribution in [0.2, 0.25) is 0 Å². The summed E-state index contributed by atoms with van der Waals surface area (Å²) in [5.41, 5.74) is 4.00. The highest BCUT2D eigenvalue weighted by atomic mass is 16.5. The van der Waals surface area contributed by atoms with Crippen molar-refractivity contribution in [3.63, 3.8) is 0 Å². The van der Waals surface area contributed by atoms with Gasteiger partial charge in [0, 0.05) is 19.2 Å². The van der Waals surface area contributed by atoms with Crippen LogP contribution >= 0.6 is 0 Å². The Labute approximate surface area is 210 Å². The van der Waals surface area contributed by atoms with Gasteiger partial charge in [-0.2, -0.15) is 0 Å². The van der Waals surface area contributed by atoms with Crippen LogP contribution in [0.25, 0.3) is 11.1 Å². The van der Waals surface area contributed by atoms with Crippen molar-refractivity contribution in [2.24, 2.45) is 5.92 Å². The minimum Gasteiger partial charge on any atom is -0.493 e. The lowest BCUT2D eigenvalue weighted by molar-refractivity contribution is -0.136. The van der Waals surface area contributed by atoms with E-state index in [0.29, 0.717) is 17.1 Å². The topological polar surface area (TPSA) is 97.0 Å². The third-order valence-corrected chi connectivity index (χ3v) is 6.39. The summed E-state index contributed by atoms with van der Waals surface area (Å²) < 4.78 is 10.5. The van der Waals surface area contributed by atoms with E-state index in [9.17, 15) is 14.4 Å². The lowest BCUT2D eigenvalue weighted by Crippen LogP contribution is -2.45. The van der Waals surface area contributed by atoms with Crippen LogP contribution in [-0.4, -0.2) is 39.0 Å². The zero-order chi connectivity index (χ0) is 25.8. The number of carbonyl (C=O) groups is 3. The van der Waals surface area contributed by atoms with Gasteiger partial charge in [0.15, 0.2) is 11.5 Å². The number of nitrogens with zero attached hydrogens (tertiary/aromatic N) is 1. The fourth-order valence-electron chi connectivity index (χ4n) is 4.29. The number of nitrogens with one attached hydrogen (secondary N) is 2. The highest BCUT2D eigenvalue weighted by Gasteiger charge is 2.35. The molecule has 3 aromatic carbocycles. The average Bonchev–Trinajstić information content (AvgIpc) is 3.00. The number of anilines is 1. The molecule has 2 atom stereocenters. The van der Waals surface area contributed by atoms with Crippen LogP contribution in [0.4, 0.5) is 5.69 Å². The molecule has 0 bridgehead atoms. The first-order valence-corrected chi connectivity index (χ1v) is 11.6. The monoisotopic (exact) mass is 487 g/mol. The van der Waals surface area contributed by atoms with E-state index in [4.69, 9.17) is 9.47 Å². The zero-order valence-electron chi connectivity index (χ0n) is 20.7. The second-order valence-electron chi connectivity index (χ2n) is 8.57. The Morgan fingerprint density at radius 2 is 1.58 bits per heavy atom. The van der Waals surface area contributed by atoms with Crippen molar-refractivity contribution in [1.82, 2.24) is 10.6 Å². The summed E-state index contributed by atoms with van der Waals surface area (Å²) in [5, 5.41) is 5.59. The molecule has 0 aliphatic carbocycles. The fourth-order valence-corrected chi connectivity index (χ4v) is 4.29. The number of carbonyl (C=O) groups excluding carboxylic acids is 3. The number of likely N-dealkylation sites (N-methyl/N-ethyl adjacent to an activating group) is 1. The Morgan fingerprint density at radius 1 is 0.917 bits per heavy atom. The standard InChI is InChI=1S/C28H29N3O5/c1-17(26(32)29-16-18-13-14-23(35-3)24(15-18)36-4)27(33)30-25-21-11-6-5-9-19(21)20-10-7-8-12-22(20)31(2)28(25)34/h5-15,17,25H,16H2,1-4H3,(H,29,32)(H,30,33)/t17-,25+/m0/s1. The van der Waals surface area contributed by atoms with Crippen molar-refractivity contribution >= 4 is 23.4 Å². The molecule has 1 heterocycles. The molecule has 36 heavy (non-hydrogen) atoms. The van der Waals surface area contributed by atoms with E-state index in [-0.39, 0.29) is 12.5 Å². The molecule has 1 aliphatic heterocycles. The smallest absolute Gasteiger partial charge is 0.253 e. The molecule has 3 aromatic rings. The van der Waals surface area contributed by atoms with Crippen molar-refractivity contribution in [1.29, 1.82) is 0 Å². The van der Waals surface area contributed by atoms with Crippen LogP contribution in [0.15, 0.2) is 66.7 Å². The van der Waals surface area contributed by atoms with Gasteiger partial charge in [-0.15, -0.1) is 0 Å². The second-order valence-corrected chi connectivity index (χ2v) is 8.57. The third-order valence-electron chi connectivity index (χ3n) is 6.39. The van der Waals surface area contributed by atoms with E-state index in [1.807, 2.05) is 48.5 Å². The Morgan fingerprint density at radius 3 is 2.31 bits per heavy atom. The second kappa shape index (κ2) is 10.5. The predicted octanol–water partition coefficient (Wildman–Crippen LogP) is 3.46. The van der Waals surface area contributed by atoms with Gasteiger partial charge in [0.05, 0.1) is 19.9 Å². The van der Waals surface area contributed by atoms with Crippen molar-refractivity contribution in [2.45, 2.75) is 19.5 Å². The molecule has 0 fully saturated rings. The molecule has 4 rings (SSSR count). The van der Waals surface area contributed by atoms with Gasteiger partial charge >= 0.3 is 0 Å². The highest BCUT2D eigenvalue weighted by molar-refractivity contribution is 6.07. The predicted molar refractivity (Wildman–Crippen MR) is 137 cm³/mol. The lowest BCUT2D eigenvalue weighted by Gasteiger charge is -2.24. The van der Waals surface area contributed by atoms with E-state index >= 15 is 0 Å². The van der Waals surface area contributed by atoms with E-state index < -0.39 is 23.8 Å². The van der Waals surface area contributed by atoms with Gasteiger partial charge in [0.2, 0.25) is 11.8 Å². The molecular weight excluding hydrogens is 458 g/mol. The molecule has 0 saturated heterocycles. The molecule has 2 N–H and O–H groups in total. The number of ether oxygens (including phenoxy) is 2. The number of para-hydroxylation sites is 1. The Hall–Kier alpha value is -4.33. The van der Waals surface area contributed by atoms with E-state index in [2.05, 4.69) is 10.6 Å². The summed E-state index contributed by atoms with van der Waals surface area (Å²) in [5.74, 6) is -1.15. The number of hydrogen-bond donors (Lipinski definition) is 2. The van der Waals surface area contributed by atoms with Crippen LogP contribution in [0, 0.1) is 5.92 Å². The van der Waals surface area contributed by atoms with Crippen LogP contribution in [0.1, 0.15) is 24.1 Å². The molecule has 3 amide bonds. The van der Waals surface area contributed by atoms with Gasteiger partial charge in [-0.3, -0.25) is 14.4 Å². The first-order valence-electron chi connectivity index (χ1n) is 11.6. The van der Waals surface area contributed by atoms with E-state index in [0.717, 1.165) is 22.4 Å². The Bertz CT molecular complexity index is 1310.